The number of nitrogens with zero attached hydrogens (tertiary/aromatic N) is 2. The molecule has 5 nitrogen and oxygen atoms in total. The Morgan fingerprint density at radius 1 is 1.53 bits per heavy atom. The maximum absolute atomic E-state index is 12.2. The lowest BCUT2D eigenvalue weighted by atomic mass is 10.2. The molecule has 1 aliphatic carbocycles. The number of nitrogen functional groups attached to an aromatic ring is 1. The topological polar surface area (TPSA) is 71.2 Å². The zero-order valence-corrected chi connectivity index (χ0v) is 11.6. The number of hydrogen-bond donors (Lipinski definition) is 2. The van der Waals surface area contributed by atoms with Crippen LogP contribution in [0.3, 0.4) is 0 Å². The summed E-state index contributed by atoms with van der Waals surface area (Å²) in [5.74, 6) is 0.0608. The second-order valence-corrected chi connectivity index (χ2v) is 5.21. The zero-order valence-electron chi connectivity index (χ0n) is 11.6. The van der Waals surface area contributed by atoms with E-state index in [-0.39, 0.29) is 11.9 Å². The van der Waals surface area contributed by atoms with Crippen molar-refractivity contribution < 1.29 is 4.79 Å². The van der Waals surface area contributed by atoms with Crippen LogP contribution < -0.4 is 16.0 Å². The minimum absolute atomic E-state index is 0.0608. The second-order valence-electron chi connectivity index (χ2n) is 5.21. The number of nitrogens with two attached hydrogens (primary N) is 1. The summed E-state index contributed by atoms with van der Waals surface area (Å²) >= 11 is 0. The van der Waals surface area contributed by atoms with Gasteiger partial charge in [-0.1, -0.05) is 12.8 Å². The normalized spacial score (nSPS) is 17.2. The van der Waals surface area contributed by atoms with E-state index in [1.807, 2.05) is 24.9 Å². The minimum Gasteiger partial charge on any atom is -0.396 e. The molecule has 1 saturated carbocycles. The monoisotopic (exact) mass is 262 g/mol. The Labute approximate surface area is 114 Å². The number of likely N-dealkylation sites (N-methyl/N-ethyl adjacent to an activating group) is 1. The molecule has 1 unspecified atom stereocenters. The lowest BCUT2D eigenvalue weighted by Gasteiger charge is -2.28. The first kappa shape index (κ1) is 13.6. The third-order valence-electron chi connectivity index (χ3n) is 3.87. The van der Waals surface area contributed by atoms with Crippen LogP contribution in [0.4, 0.5) is 11.4 Å². The fraction of sp³-hybridized carbons (Fsp3) is 0.571. The minimum atomic E-state index is -0.245. The van der Waals surface area contributed by atoms with Crippen molar-refractivity contribution in [1.82, 2.24) is 10.3 Å². The zero-order chi connectivity index (χ0) is 13.8. The molecule has 1 amide bonds. The van der Waals surface area contributed by atoms with E-state index in [4.69, 9.17) is 5.73 Å². The van der Waals surface area contributed by atoms with Crippen LogP contribution in [0, 0.1) is 0 Å². The van der Waals surface area contributed by atoms with Crippen LogP contribution in [0.1, 0.15) is 32.6 Å². The molecule has 0 saturated heterocycles. The lowest BCUT2D eigenvalue weighted by Crippen LogP contribution is -2.46. The third-order valence-corrected chi connectivity index (χ3v) is 3.87. The Kier molecular flexibility index (Phi) is 4.24. The van der Waals surface area contributed by atoms with Crippen LogP contribution in [0.15, 0.2) is 18.5 Å². The first-order valence-corrected chi connectivity index (χ1v) is 6.82. The predicted molar refractivity (Wildman–Crippen MR) is 76.9 cm³/mol. The Morgan fingerprint density at radius 3 is 2.84 bits per heavy atom. The van der Waals surface area contributed by atoms with Crippen LogP contribution in [0.5, 0.6) is 0 Å². The molecule has 1 fully saturated rings. The smallest absolute Gasteiger partial charge is 0.242 e. The largest absolute Gasteiger partial charge is 0.396 e. The summed E-state index contributed by atoms with van der Waals surface area (Å²) in [6, 6.07) is 1.93. The molecular weight excluding hydrogens is 240 g/mol. The Bertz CT molecular complexity index is 443. The molecule has 0 spiro atoms. The standard InChI is InChI=1S/C14H22N4O/c1-10(14(19)17-11-5-3-4-6-11)18(2)13-7-8-16-9-12(13)15/h7-11H,3-6,15H2,1-2H3,(H,17,19). The first-order valence-electron chi connectivity index (χ1n) is 6.82. The van der Waals surface area contributed by atoms with Gasteiger partial charge < -0.3 is 16.0 Å². The van der Waals surface area contributed by atoms with Crippen molar-refractivity contribution in [2.24, 2.45) is 0 Å². The molecule has 0 aromatic carbocycles. The van der Waals surface area contributed by atoms with Crippen molar-refractivity contribution in [2.45, 2.75) is 44.7 Å². The quantitative estimate of drug-likeness (QED) is 0.863. The molecular formula is C14H22N4O. The third kappa shape index (κ3) is 3.16. The number of carbonyl (C=O) groups excluding carboxylic acids is 1. The average Bonchev–Trinajstić information content (AvgIpc) is 2.90. The van der Waals surface area contributed by atoms with Gasteiger partial charge in [-0.25, -0.2) is 0 Å². The van der Waals surface area contributed by atoms with Crippen molar-refractivity contribution in [3.63, 3.8) is 0 Å². The number of hydrogen-bond acceptors (Lipinski definition) is 4. The summed E-state index contributed by atoms with van der Waals surface area (Å²) in [6.45, 7) is 1.89. The van der Waals surface area contributed by atoms with Crippen LogP contribution in [-0.2, 0) is 4.79 Å². The Hall–Kier alpha value is -1.78. The summed E-state index contributed by atoms with van der Waals surface area (Å²) in [7, 11) is 1.88. The molecule has 1 aliphatic rings. The molecule has 5 heteroatoms. The fourth-order valence-electron chi connectivity index (χ4n) is 2.50. The van der Waals surface area contributed by atoms with E-state index in [1.54, 1.807) is 12.4 Å². The van der Waals surface area contributed by atoms with Crippen molar-refractivity contribution in [2.75, 3.05) is 17.7 Å². The summed E-state index contributed by atoms with van der Waals surface area (Å²) in [5.41, 5.74) is 7.31. The van der Waals surface area contributed by atoms with E-state index >= 15 is 0 Å². The van der Waals surface area contributed by atoms with Crippen LogP contribution in [0.25, 0.3) is 0 Å². The average molecular weight is 262 g/mol. The molecule has 1 aromatic rings. The molecule has 1 atom stereocenters. The van der Waals surface area contributed by atoms with Crippen molar-refractivity contribution in [1.29, 1.82) is 0 Å². The van der Waals surface area contributed by atoms with E-state index in [0.717, 1.165) is 18.5 Å². The molecule has 0 aliphatic heterocycles. The van der Waals surface area contributed by atoms with Crippen LogP contribution in [-0.4, -0.2) is 30.0 Å². The van der Waals surface area contributed by atoms with Gasteiger partial charge in [0.05, 0.1) is 17.6 Å². The van der Waals surface area contributed by atoms with Gasteiger partial charge in [-0.15, -0.1) is 0 Å². The summed E-state index contributed by atoms with van der Waals surface area (Å²) in [5, 5.41) is 3.11. The highest BCUT2D eigenvalue weighted by molar-refractivity contribution is 5.86. The van der Waals surface area contributed by atoms with Gasteiger partial charge in [-0.05, 0) is 25.8 Å². The van der Waals surface area contributed by atoms with Crippen molar-refractivity contribution >= 4 is 17.3 Å². The van der Waals surface area contributed by atoms with Crippen molar-refractivity contribution in [3.05, 3.63) is 18.5 Å². The highest BCUT2D eigenvalue weighted by Crippen LogP contribution is 2.22. The van der Waals surface area contributed by atoms with Gasteiger partial charge in [0.2, 0.25) is 5.91 Å². The summed E-state index contributed by atoms with van der Waals surface area (Å²) < 4.78 is 0. The molecule has 3 N–H and O–H groups in total. The molecule has 1 heterocycles. The number of aromatic nitrogens is 1. The lowest BCUT2D eigenvalue weighted by molar-refractivity contribution is -0.122. The Morgan fingerprint density at radius 2 is 2.21 bits per heavy atom. The Balaban J connectivity index is 2.00. The molecule has 104 valence electrons. The highest BCUT2D eigenvalue weighted by atomic mass is 16.2. The fourth-order valence-corrected chi connectivity index (χ4v) is 2.50. The van der Waals surface area contributed by atoms with Crippen LogP contribution in [0.2, 0.25) is 0 Å². The van der Waals surface area contributed by atoms with E-state index < -0.39 is 0 Å². The number of anilines is 2. The van der Waals surface area contributed by atoms with Crippen LogP contribution >= 0.6 is 0 Å². The summed E-state index contributed by atoms with van der Waals surface area (Å²) in [6.07, 6.45) is 7.91. The van der Waals surface area contributed by atoms with Gasteiger partial charge in [0, 0.05) is 19.3 Å². The molecule has 19 heavy (non-hydrogen) atoms. The van der Waals surface area contributed by atoms with Crippen molar-refractivity contribution in [3.8, 4) is 0 Å². The molecule has 0 bridgehead atoms. The maximum atomic E-state index is 12.2. The summed E-state index contributed by atoms with van der Waals surface area (Å²) in [4.78, 5) is 18.1. The number of pyridine rings is 1. The molecule has 0 radical (unpaired) electrons. The number of nitrogens with one attached hydrogen (secondary N) is 1. The van der Waals surface area contributed by atoms with Gasteiger partial charge >= 0.3 is 0 Å². The van der Waals surface area contributed by atoms with Gasteiger partial charge in [0.1, 0.15) is 6.04 Å². The van der Waals surface area contributed by atoms with Gasteiger partial charge in [0.25, 0.3) is 0 Å². The van der Waals surface area contributed by atoms with E-state index in [0.29, 0.717) is 11.7 Å². The first-order chi connectivity index (χ1) is 9.09. The predicted octanol–water partition coefficient (Wildman–Crippen LogP) is 1.55. The maximum Gasteiger partial charge on any atom is 0.242 e. The number of amides is 1. The van der Waals surface area contributed by atoms with Gasteiger partial charge in [-0.3, -0.25) is 9.78 Å². The molecule has 1 aromatic heterocycles. The van der Waals surface area contributed by atoms with E-state index in [2.05, 4.69) is 10.3 Å². The van der Waals surface area contributed by atoms with Gasteiger partial charge in [-0.2, -0.15) is 0 Å². The number of carbonyl (C=O) groups is 1. The van der Waals surface area contributed by atoms with E-state index in [9.17, 15) is 4.79 Å². The highest BCUT2D eigenvalue weighted by Gasteiger charge is 2.23. The molecule has 2 rings (SSSR count). The number of rotatable bonds is 4. The van der Waals surface area contributed by atoms with E-state index in [1.165, 1.54) is 12.8 Å². The van der Waals surface area contributed by atoms with Gasteiger partial charge in [0.15, 0.2) is 0 Å². The second kappa shape index (κ2) is 5.91. The SMILES string of the molecule is CC(C(=O)NC1CCCC1)N(C)c1ccncc1N.